The minimum absolute atomic E-state index is 0.309. The van der Waals surface area contributed by atoms with Crippen molar-refractivity contribution in [3.63, 3.8) is 0 Å². The van der Waals surface area contributed by atoms with Gasteiger partial charge in [-0.3, -0.25) is 4.79 Å². The van der Waals surface area contributed by atoms with Crippen molar-refractivity contribution < 1.29 is 19.1 Å². The van der Waals surface area contributed by atoms with Crippen molar-refractivity contribution in [2.75, 3.05) is 6.54 Å². The van der Waals surface area contributed by atoms with Crippen molar-refractivity contribution in [3.05, 3.63) is 35.6 Å². The van der Waals surface area contributed by atoms with Crippen molar-refractivity contribution in [3.8, 4) is 0 Å². The number of carbonyl (C=O) groups is 2. The molecule has 0 radical (unpaired) electrons. The normalized spacial score (nSPS) is 20.3. The molecule has 1 fully saturated rings. The van der Waals surface area contributed by atoms with E-state index in [-0.39, 0.29) is 5.91 Å². The van der Waals surface area contributed by atoms with E-state index in [0.29, 0.717) is 24.9 Å². The number of carbonyl (C=O) groups excluding carboxylic acids is 1. The summed E-state index contributed by atoms with van der Waals surface area (Å²) in [7, 11) is 0. The Morgan fingerprint density at radius 1 is 1.42 bits per heavy atom. The van der Waals surface area contributed by atoms with Crippen LogP contribution in [-0.2, 0) is 9.59 Å². The zero-order chi connectivity index (χ0) is 14.0. The molecule has 2 rings (SSSR count). The van der Waals surface area contributed by atoms with Crippen molar-refractivity contribution in [1.29, 1.82) is 0 Å². The van der Waals surface area contributed by atoms with Crippen LogP contribution in [0.5, 0.6) is 0 Å². The minimum atomic E-state index is -0.994. The molecule has 0 aliphatic carbocycles. The zero-order valence-corrected chi connectivity index (χ0v) is 10.7. The first-order valence-corrected chi connectivity index (χ1v) is 6.30. The Hall–Kier alpha value is -1.91. The van der Waals surface area contributed by atoms with Crippen molar-refractivity contribution >= 4 is 11.9 Å². The molecule has 1 aliphatic rings. The molecule has 0 spiro atoms. The lowest BCUT2D eigenvalue weighted by molar-refractivity contribution is -0.148. The topological polar surface area (TPSA) is 57.6 Å². The third-order valence-corrected chi connectivity index (χ3v) is 3.56. The van der Waals surface area contributed by atoms with Gasteiger partial charge in [-0.2, -0.15) is 0 Å². The molecule has 102 valence electrons. The van der Waals surface area contributed by atoms with Gasteiger partial charge in [-0.1, -0.05) is 18.2 Å². The van der Waals surface area contributed by atoms with Crippen LogP contribution in [0.15, 0.2) is 24.3 Å². The average molecular weight is 265 g/mol. The predicted molar refractivity (Wildman–Crippen MR) is 67.2 cm³/mol. The first kappa shape index (κ1) is 13.5. The molecule has 0 bridgehead atoms. The highest BCUT2D eigenvalue weighted by Gasteiger charge is 2.36. The molecular formula is C14H16FNO3. The van der Waals surface area contributed by atoms with E-state index in [0.717, 1.165) is 0 Å². The molecule has 1 heterocycles. The number of halogens is 1. The van der Waals surface area contributed by atoms with Crippen LogP contribution in [0.4, 0.5) is 4.39 Å². The van der Waals surface area contributed by atoms with E-state index in [2.05, 4.69) is 0 Å². The van der Waals surface area contributed by atoms with Gasteiger partial charge in [-0.05, 0) is 31.4 Å². The highest BCUT2D eigenvalue weighted by atomic mass is 19.1. The van der Waals surface area contributed by atoms with Gasteiger partial charge in [0, 0.05) is 6.54 Å². The second kappa shape index (κ2) is 5.38. The highest BCUT2D eigenvalue weighted by Crippen LogP contribution is 2.26. The summed E-state index contributed by atoms with van der Waals surface area (Å²) < 4.78 is 13.7. The first-order chi connectivity index (χ1) is 9.02. The second-order valence-electron chi connectivity index (χ2n) is 4.77. The summed E-state index contributed by atoms with van der Waals surface area (Å²) in [5.41, 5.74) is 0.309. The van der Waals surface area contributed by atoms with E-state index in [9.17, 15) is 14.0 Å². The van der Waals surface area contributed by atoms with Crippen LogP contribution >= 0.6 is 0 Å². The van der Waals surface area contributed by atoms with Crippen LogP contribution in [0.2, 0.25) is 0 Å². The Morgan fingerprint density at radius 2 is 2.11 bits per heavy atom. The van der Waals surface area contributed by atoms with Crippen LogP contribution in [0.3, 0.4) is 0 Å². The molecule has 19 heavy (non-hydrogen) atoms. The minimum Gasteiger partial charge on any atom is -0.480 e. The molecule has 0 saturated carbocycles. The molecule has 1 amide bonds. The summed E-state index contributed by atoms with van der Waals surface area (Å²) in [5, 5.41) is 9.07. The largest absolute Gasteiger partial charge is 0.480 e. The molecule has 0 aromatic heterocycles. The van der Waals surface area contributed by atoms with Gasteiger partial charge < -0.3 is 10.0 Å². The summed E-state index contributed by atoms with van der Waals surface area (Å²) in [6.07, 6.45) is 1.14. The molecule has 1 N–H and O–H groups in total. The standard InChI is InChI=1S/C14H16FNO3/c1-9(10-5-2-3-6-11(10)15)13(17)16-8-4-7-12(16)14(18)19/h2-3,5-6,9,12H,4,7-8H2,1H3,(H,18,19)/t9-,12+/m0/s1. The number of benzene rings is 1. The Morgan fingerprint density at radius 3 is 2.74 bits per heavy atom. The number of likely N-dealkylation sites (tertiary alicyclic amines) is 1. The molecule has 1 aromatic rings. The average Bonchev–Trinajstić information content (AvgIpc) is 2.87. The quantitative estimate of drug-likeness (QED) is 0.909. The van der Waals surface area contributed by atoms with E-state index in [1.165, 1.54) is 11.0 Å². The number of hydrogen-bond donors (Lipinski definition) is 1. The Labute approximate surface area is 110 Å². The Kier molecular flexibility index (Phi) is 3.83. The molecule has 1 aliphatic heterocycles. The number of nitrogens with zero attached hydrogens (tertiary/aromatic N) is 1. The number of carboxylic acid groups (broad SMARTS) is 1. The SMILES string of the molecule is C[C@H](C(=O)N1CCC[C@@H]1C(=O)O)c1ccccc1F. The number of rotatable bonds is 3. The fourth-order valence-corrected chi connectivity index (χ4v) is 2.50. The first-order valence-electron chi connectivity index (χ1n) is 6.30. The van der Waals surface area contributed by atoms with E-state index in [1.54, 1.807) is 25.1 Å². The van der Waals surface area contributed by atoms with Crippen molar-refractivity contribution in [2.24, 2.45) is 0 Å². The van der Waals surface area contributed by atoms with E-state index < -0.39 is 23.7 Å². The lowest BCUT2D eigenvalue weighted by atomic mass is 9.99. The molecule has 0 unspecified atom stereocenters. The molecule has 5 heteroatoms. The Bertz CT molecular complexity index is 503. The van der Waals surface area contributed by atoms with Gasteiger partial charge in [0.2, 0.25) is 5.91 Å². The summed E-state index contributed by atoms with van der Waals surface area (Å²) in [4.78, 5) is 24.7. The summed E-state index contributed by atoms with van der Waals surface area (Å²) >= 11 is 0. The second-order valence-corrected chi connectivity index (χ2v) is 4.77. The molecule has 1 saturated heterocycles. The maximum atomic E-state index is 13.7. The maximum absolute atomic E-state index is 13.7. The van der Waals surface area contributed by atoms with Crippen LogP contribution in [0.1, 0.15) is 31.2 Å². The molecule has 4 nitrogen and oxygen atoms in total. The number of aliphatic carboxylic acids is 1. The van der Waals surface area contributed by atoms with Crippen molar-refractivity contribution in [2.45, 2.75) is 31.7 Å². The van der Waals surface area contributed by atoms with Crippen LogP contribution in [0.25, 0.3) is 0 Å². The zero-order valence-electron chi connectivity index (χ0n) is 10.7. The fraction of sp³-hybridized carbons (Fsp3) is 0.429. The number of amides is 1. The fourth-order valence-electron chi connectivity index (χ4n) is 2.50. The summed E-state index contributed by atoms with van der Waals surface area (Å²) in [6.45, 7) is 2.03. The van der Waals surface area contributed by atoms with E-state index in [1.807, 2.05) is 0 Å². The van der Waals surface area contributed by atoms with Crippen LogP contribution < -0.4 is 0 Å². The third-order valence-electron chi connectivity index (χ3n) is 3.56. The molecule has 1 aromatic carbocycles. The van der Waals surface area contributed by atoms with Gasteiger partial charge in [-0.25, -0.2) is 9.18 Å². The van der Waals surface area contributed by atoms with Gasteiger partial charge in [0.1, 0.15) is 11.9 Å². The van der Waals surface area contributed by atoms with Crippen molar-refractivity contribution in [1.82, 2.24) is 4.90 Å². The highest BCUT2D eigenvalue weighted by molar-refractivity contribution is 5.88. The monoisotopic (exact) mass is 265 g/mol. The van der Waals surface area contributed by atoms with Gasteiger partial charge in [0.15, 0.2) is 0 Å². The maximum Gasteiger partial charge on any atom is 0.326 e. The van der Waals surface area contributed by atoms with Gasteiger partial charge in [0.25, 0.3) is 0 Å². The lowest BCUT2D eigenvalue weighted by Crippen LogP contribution is -2.42. The van der Waals surface area contributed by atoms with Crippen LogP contribution in [0, 0.1) is 5.82 Å². The van der Waals surface area contributed by atoms with E-state index >= 15 is 0 Å². The smallest absolute Gasteiger partial charge is 0.326 e. The predicted octanol–water partition coefficient (Wildman–Crippen LogP) is 2.00. The summed E-state index contributed by atoms with van der Waals surface area (Å²) in [5.74, 6) is -2.42. The summed E-state index contributed by atoms with van der Waals surface area (Å²) in [6, 6.07) is 5.32. The Balaban J connectivity index is 2.20. The van der Waals surface area contributed by atoms with Gasteiger partial charge in [0.05, 0.1) is 5.92 Å². The van der Waals surface area contributed by atoms with Crippen LogP contribution in [-0.4, -0.2) is 34.5 Å². The number of carboxylic acids is 1. The van der Waals surface area contributed by atoms with Gasteiger partial charge in [-0.15, -0.1) is 0 Å². The van der Waals surface area contributed by atoms with Gasteiger partial charge >= 0.3 is 5.97 Å². The van der Waals surface area contributed by atoms with E-state index in [4.69, 9.17) is 5.11 Å². The molecule has 2 atom stereocenters. The number of hydrogen-bond acceptors (Lipinski definition) is 2. The lowest BCUT2D eigenvalue weighted by Gasteiger charge is -2.25. The molecular weight excluding hydrogens is 249 g/mol. The third kappa shape index (κ3) is 2.59.